The van der Waals surface area contributed by atoms with Crippen LogP contribution >= 0.6 is 11.3 Å². The van der Waals surface area contributed by atoms with E-state index in [9.17, 15) is 19.7 Å². The number of amides is 1. The Labute approximate surface area is 182 Å². The van der Waals surface area contributed by atoms with Gasteiger partial charge in [-0.25, -0.2) is 9.66 Å². The van der Waals surface area contributed by atoms with Gasteiger partial charge in [-0.2, -0.15) is 5.10 Å². The van der Waals surface area contributed by atoms with Crippen molar-refractivity contribution in [3.8, 4) is 0 Å². The molecule has 1 atom stereocenters. The average Bonchev–Trinajstić information content (AvgIpc) is 3.18. The number of carbonyl (C=O) groups excluding carboxylic acids is 1. The van der Waals surface area contributed by atoms with Gasteiger partial charge in [0.1, 0.15) is 22.0 Å². The van der Waals surface area contributed by atoms with Crippen molar-refractivity contribution >= 4 is 33.1 Å². The Hall–Kier alpha value is -3.08. The van der Waals surface area contributed by atoms with Crippen LogP contribution in [0.3, 0.4) is 0 Å². The Morgan fingerprint density at radius 2 is 2.10 bits per heavy atom. The molecule has 0 fully saturated rings. The molecule has 0 saturated heterocycles. The minimum atomic E-state index is -0.472. The van der Waals surface area contributed by atoms with E-state index in [1.165, 1.54) is 14.2 Å². The number of aryl methyl sites for hydroxylation is 4. The molecular weight excluding hydrogens is 420 g/mol. The van der Waals surface area contributed by atoms with Crippen LogP contribution in [0, 0.1) is 36.8 Å². The van der Waals surface area contributed by atoms with Gasteiger partial charge in [0.15, 0.2) is 0 Å². The molecule has 0 saturated carbocycles. The van der Waals surface area contributed by atoms with Crippen molar-refractivity contribution in [2.45, 2.75) is 59.9 Å². The molecule has 0 aromatic carbocycles. The summed E-state index contributed by atoms with van der Waals surface area (Å²) in [6.45, 7) is 7.23. The van der Waals surface area contributed by atoms with Crippen molar-refractivity contribution in [1.29, 1.82) is 0 Å². The largest absolute Gasteiger partial charge is 0.312 e. The molecule has 1 amide bonds. The topological polar surface area (TPSA) is 125 Å². The molecule has 1 aliphatic carbocycles. The smallest absolute Gasteiger partial charge is 0.273 e. The van der Waals surface area contributed by atoms with Crippen LogP contribution in [0.1, 0.15) is 47.4 Å². The first-order chi connectivity index (χ1) is 14.7. The van der Waals surface area contributed by atoms with Crippen LogP contribution in [0.25, 0.3) is 10.2 Å². The molecule has 31 heavy (non-hydrogen) atoms. The fraction of sp³-hybridized carbons (Fsp3) is 0.500. The van der Waals surface area contributed by atoms with Gasteiger partial charge >= 0.3 is 5.69 Å². The summed E-state index contributed by atoms with van der Waals surface area (Å²) >= 11 is 1.57. The van der Waals surface area contributed by atoms with E-state index in [1.807, 2.05) is 0 Å². The summed E-state index contributed by atoms with van der Waals surface area (Å²) in [6, 6.07) is 0. The van der Waals surface area contributed by atoms with Gasteiger partial charge in [-0.3, -0.25) is 29.8 Å². The summed E-state index contributed by atoms with van der Waals surface area (Å²) < 4.78 is 2.65. The molecule has 164 valence electrons. The lowest BCUT2D eigenvalue weighted by Crippen LogP contribution is -2.36. The first-order valence-corrected chi connectivity index (χ1v) is 11.0. The molecule has 0 spiro atoms. The molecule has 0 aliphatic heterocycles. The number of thiophene rings is 1. The maximum absolute atomic E-state index is 13.2. The van der Waals surface area contributed by atoms with Gasteiger partial charge in [0, 0.05) is 11.3 Å². The Bertz CT molecular complexity index is 1270. The van der Waals surface area contributed by atoms with E-state index < -0.39 is 4.92 Å². The first-order valence-electron chi connectivity index (χ1n) is 10.2. The fourth-order valence-corrected chi connectivity index (χ4v) is 5.60. The average molecular weight is 445 g/mol. The molecule has 3 aromatic rings. The lowest BCUT2D eigenvalue weighted by molar-refractivity contribution is -0.386. The van der Waals surface area contributed by atoms with Crippen molar-refractivity contribution in [3.05, 3.63) is 48.1 Å². The van der Waals surface area contributed by atoms with Crippen LogP contribution in [0.4, 0.5) is 5.69 Å². The van der Waals surface area contributed by atoms with Crippen LogP contribution in [-0.2, 0) is 24.2 Å². The number of fused-ring (bicyclic) bond motifs is 3. The minimum absolute atomic E-state index is 0.0162. The zero-order chi connectivity index (χ0) is 22.4. The van der Waals surface area contributed by atoms with Gasteiger partial charge in [-0.1, -0.05) is 6.92 Å². The van der Waals surface area contributed by atoms with E-state index in [1.54, 1.807) is 32.1 Å². The number of nitrogens with one attached hydrogen (secondary N) is 1. The second-order valence-corrected chi connectivity index (χ2v) is 9.20. The van der Waals surface area contributed by atoms with Crippen molar-refractivity contribution in [2.24, 2.45) is 5.92 Å². The Morgan fingerprint density at radius 1 is 1.35 bits per heavy atom. The normalized spacial score (nSPS) is 15.8. The van der Waals surface area contributed by atoms with E-state index in [0.717, 1.165) is 29.7 Å². The number of aromatic nitrogens is 4. The van der Waals surface area contributed by atoms with Crippen molar-refractivity contribution in [1.82, 2.24) is 19.4 Å². The Kier molecular flexibility index (Phi) is 5.38. The second kappa shape index (κ2) is 7.88. The number of hydrogen-bond donors (Lipinski definition) is 1. The third kappa shape index (κ3) is 3.73. The Morgan fingerprint density at radius 3 is 2.77 bits per heavy atom. The third-order valence-corrected chi connectivity index (χ3v) is 6.96. The van der Waals surface area contributed by atoms with Gasteiger partial charge in [0.05, 0.1) is 16.9 Å². The van der Waals surface area contributed by atoms with E-state index >= 15 is 0 Å². The molecular formula is C20H24N6O4S. The SMILES string of the molecule is Cc1nn(CCC(=O)Nn2c(C)nc3sc4c(c3c2=O)CC[C@@H](C)C4)c(C)c1[N+](=O)[O-]. The van der Waals surface area contributed by atoms with Crippen LogP contribution in [0.2, 0.25) is 0 Å². The van der Waals surface area contributed by atoms with E-state index in [2.05, 4.69) is 22.4 Å². The van der Waals surface area contributed by atoms with Crippen molar-refractivity contribution in [2.75, 3.05) is 5.43 Å². The third-order valence-electron chi connectivity index (χ3n) is 5.81. The van der Waals surface area contributed by atoms with Crippen LogP contribution in [0.5, 0.6) is 0 Å². The minimum Gasteiger partial charge on any atom is -0.273 e. The number of nitro groups is 1. The summed E-state index contributed by atoms with van der Waals surface area (Å²) in [7, 11) is 0. The number of hydrogen-bond acceptors (Lipinski definition) is 7. The molecule has 3 aromatic heterocycles. The molecule has 0 radical (unpaired) electrons. The zero-order valence-corrected chi connectivity index (χ0v) is 18.7. The maximum Gasteiger partial charge on any atom is 0.312 e. The fourth-order valence-electron chi connectivity index (χ4n) is 4.18. The zero-order valence-electron chi connectivity index (χ0n) is 17.9. The molecule has 1 aliphatic rings. The lowest BCUT2D eigenvalue weighted by atomic mass is 9.89. The summed E-state index contributed by atoms with van der Waals surface area (Å²) in [5.74, 6) is 0.618. The molecule has 3 heterocycles. The predicted molar refractivity (Wildman–Crippen MR) is 117 cm³/mol. The molecule has 4 rings (SSSR count). The quantitative estimate of drug-likeness (QED) is 0.476. The van der Waals surface area contributed by atoms with Gasteiger partial charge < -0.3 is 0 Å². The first kappa shape index (κ1) is 21.2. The lowest BCUT2D eigenvalue weighted by Gasteiger charge is -2.17. The van der Waals surface area contributed by atoms with Crippen molar-refractivity contribution < 1.29 is 9.72 Å². The van der Waals surface area contributed by atoms with E-state index in [-0.39, 0.29) is 30.1 Å². The van der Waals surface area contributed by atoms with Crippen LogP contribution in [-0.4, -0.2) is 30.3 Å². The van der Waals surface area contributed by atoms with Gasteiger partial charge in [-0.05, 0) is 51.5 Å². The van der Waals surface area contributed by atoms with E-state index in [4.69, 9.17) is 0 Å². The van der Waals surface area contributed by atoms with Gasteiger partial charge in [-0.15, -0.1) is 11.3 Å². The standard InChI is InChI=1S/C20H24N6O4S/c1-10-5-6-14-15(9-10)31-19-17(14)20(28)25(13(4)21-19)23-16(27)7-8-24-12(3)18(26(29)30)11(2)22-24/h10H,5-9H2,1-4H3,(H,23,27)/t10-/m1/s1. The summed E-state index contributed by atoms with van der Waals surface area (Å²) in [5.41, 5.74) is 4.10. The molecule has 0 bridgehead atoms. The number of rotatable bonds is 5. The highest BCUT2D eigenvalue weighted by Gasteiger charge is 2.25. The summed E-state index contributed by atoms with van der Waals surface area (Å²) in [4.78, 5) is 42.9. The highest BCUT2D eigenvalue weighted by Crippen LogP contribution is 2.35. The molecule has 11 heteroatoms. The molecule has 0 unspecified atom stereocenters. The maximum atomic E-state index is 13.2. The van der Waals surface area contributed by atoms with Gasteiger partial charge in [0.25, 0.3) is 5.56 Å². The molecule has 1 N–H and O–H groups in total. The number of carbonyl (C=O) groups is 1. The van der Waals surface area contributed by atoms with Gasteiger partial charge in [0.2, 0.25) is 5.91 Å². The summed E-state index contributed by atoms with van der Waals surface area (Å²) in [6.07, 6.45) is 2.85. The monoisotopic (exact) mass is 444 g/mol. The highest BCUT2D eigenvalue weighted by atomic mass is 32.1. The summed E-state index contributed by atoms with van der Waals surface area (Å²) in [5, 5.41) is 15.9. The second-order valence-electron chi connectivity index (χ2n) is 8.12. The van der Waals surface area contributed by atoms with E-state index in [0.29, 0.717) is 28.5 Å². The highest BCUT2D eigenvalue weighted by molar-refractivity contribution is 7.18. The molecule has 10 nitrogen and oxygen atoms in total. The number of nitrogens with zero attached hydrogens (tertiary/aromatic N) is 5. The Balaban J connectivity index is 1.56. The van der Waals surface area contributed by atoms with Crippen LogP contribution in [0.15, 0.2) is 4.79 Å². The van der Waals surface area contributed by atoms with Crippen LogP contribution < -0.4 is 11.0 Å². The predicted octanol–water partition coefficient (Wildman–Crippen LogP) is 2.77. The van der Waals surface area contributed by atoms with Crippen molar-refractivity contribution in [3.63, 3.8) is 0 Å².